The first-order chi connectivity index (χ1) is 23.4. The third-order valence-electron chi connectivity index (χ3n) is 20.4. The van der Waals surface area contributed by atoms with E-state index in [9.17, 15) is 0 Å². The van der Waals surface area contributed by atoms with Gasteiger partial charge < -0.3 is 24.8 Å². The summed E-state index contributed by atoms with van der Waals surface area (Å²) >= 11 is -2.57. The van der Waals surface area contributed by atoms with Gasteiger partial charge in [0.15, 0.2) is 0 Å². The second-order valence-electron chi connectivity index (χ2n) is 21.0. The monoisotopic (exact) mass is 814 g/mol. The SMILES string of the molecule is CC1=CC=CC2[CH]([Zr+2]([C]3=CC(C4(C)C5CC6CC(C5)CC4C6)=CC3C)=[C](C)C)C3(C)C4(C)C=CC=CC4(C)C4(C)C=CC=CC4(C)C3(C)C12C.[Cl-].[Cl-]. The zero-order valence-electron chi connectivity index (χ0n) is 34.3. The molecule has 280 valence electrons. The quantitative estimate of drug-likeness (QED) is 0.289. The van der Waals surface area contributed by atoms with Gasteiger partial charge in [-0.2, -0.15) is 0 Å². The second kappa shape index (κ2) is 11.9. The first-order valence-corrected chi connectivity index (χ1v) is 24.5. The molecule has 0 aromatic rings. The van der Waals surface area contributed by atoms with Crippen molar-refractivity contribution < 1.29 is 46.1 Å². The number of allylic oxidation sites excluding steroid dienone is 16. The van der Waals surface area contributed by atoms with Crippen molar-refractivity contribution in [1.29, 1.82) is 0 Å². The molecule has 10 aliphatic rings. The molecule has 3 heteroatoms. The van der Waals surface area contributed by atoms with Crippen molar-refractivity contribution in [2.24, 2.45) is 78.8 Å². The van der Waals surface area contributed by atoms with E-state index >= 15 is 0 Å². The Kier molecular flexibility index (Phi) is 9.03. The maximum atomic E-state index is 2.93. The van der Waals surface area contributed by atoms with Crippen molar-refractivity contribution in [2.75, 3.05) is 0 Å². The summed E-state index contributed by atoms with van der Waals surface area (Å²) in [6.45, 7) is 32.2. The first-order valence-electron chi connectivity index (χ1n) is 20.6. The van der Waals surface area contributed by atoms with Gasteiger partial charge in [-0.1, -0.05) is 0 Å². The van der Waals surface area contributed by atoms with Gasteiger partial charge in [0.2, 0.25) is 0 Å². The summed E-state index contributed by atoms with van der Waals surface area (Å²) in [7, 11) is 0. The molecule has 10 unspecified atom stereocenters. The van der Waals surface area contributed by atoms with Gasteiger partial charge in [-0.05, 0) is 0 Å². The molecule has 0 N–H and O–H groups in total. The number of hydrogen-bond donors (Lipinski definition) is 0. The predicted molar refractivity (Wildman–Crippen MR) is 210 cm³/mol. The van der Waals surface area contributed by atoms with Gasteiger partial charge >= 0.3 is 316 Å². The van der Waals surface area contributed by atoms with Crippen LogP contribution in [0.15, 0.2) is 93.4 Å². The molecule has 4 bridgehead atoms. The normalized spacial score (nSPS) is 53.7. The van der Waals surface area contributed by atoms with Gasteiger partial charge in [-0.25, -0.2) is 0 Å². The van der Waals surface area contributed by atoms with Gasteiger partial charge in [-0.15, -0.1) is 0 Å². The fraction of sp³-hybridized carbons (Fsp3) is 0.653. The van der Waals surface area contributed by atoms with E-state index in [1.165, 1.54) is 32.1 Å². The van der Waals surface area contributed by atoms with Crippen LogP contribution in [0.1, 0.15) is 115 Å². The van der Waals surface area contributed by atoms with E-state index in [1.54, 1.807) is 11.1 Å². The van der Waals surface area contributed by atoms with E-state index in [0.29, 0.717) is 20.9 Å². The Bertz CT molecular complexity index is 1830. The van der Waals surface area contributed by atoms with Crippen LogP contribution in [0.3, 0.4) is 0 Å². The summed E-state index contributed by atoms with van der Waals surface area (Å²) < 4.78 is 4.39. The minimum Gasteiger partial charge on any atom is -1.00 e. The largest absolute Gasteiger partial charge is 1.00 e. The van der Waals surface area contributed by atoms with E-state index in [-0.39, 0.29) is 62.7 Å². The zero-order chi connectivity index (χ0) is 35.7. The molecule has 0 radical (unpaired) electrons. The van der Waals surface area contributed by atoms with Gasteiger partial charge in [0.1, 0.15) is 0 Å². The van der Waals surface area contributed by atoms with Gasteiger partial charge in [0.25, 0.3) is 0 Å². The Hall–Kier alpha value is -0.747. The summed E-state index contributed by atoms with van der Waals surface area (Å²) in [6.07, 6.45) is 41.4. The summed E-state index contributed by atoms with van der Waals surface area (Å²) in [5, 5.41) is 0. The number of halogens is 2. The molecule has 10 rings (SSSR count). The van der Waals surface area contributed by atoms with Crippen molar-refractivity contribution in [3.63, 3.8) is 0 Å². The average Bonchev–Trinajstić information content (AvgIpc) is 3.52. The van der Waals surface area contributed by atoms with Crippen LogP contribution in [0.4, 0.5) is 0 Å². The molecule has 6 fully saturated rings. The molecule has 0 saturated heterocycles. The molecule has 0 spiro atoms. The van der Waals surface area contributed by atoms with E-state index in [1.807, 2.05) is 6.49 Å². The van der Waals surface area contributed by atoms with E-state index in [4.69, 9.17) is 0 Å². The molecule has 10 atom stereocenters. The van der Waals surface area contributed by atoms with Crippen LogP contribution >= 0.6 is 0 Å². The molecule has 0 aromatic carbocycles. The Labute approximate surface area is 338 Å². The number of rotatable bonds is 3. The predicted octanol–water partition coefficient (Wildman–Crippen LogP) is 6.99. The van der Waals surface area contributed by atoms with Gasteiger partial charge in [0.05, 0.1) is 0 Å². The van der Waals surface area contributed by atoms with Crippen molar-refractivity contribution in [2.45, 2.75) is 119 Å². The molecular formula is C49H66Cl2Zr. The second-order valence-corrected chi connectivity index (χ2v) is 28.5. The minimum absolute atomic E-state index is 0. The zero-order valence-corrected chi connectivity index (χ0v) is 38.3. The van der Waals surface area contributed by atoms with E-state index < -0.39 is 21.3 Å². The fourth-order valence-electron chi connectivity index (χ4n) is 17.0. The molecular weight excluding hydrogens is 751 g/mol. The van der Waals surface area contributed by atoms with Gasteiger partial charge in [0, 0.05) is 0 Å². The Morgan fingerprint density at radius 1 is 0.673 bits per heavy atom. The summed E-state index contributed by atoms with van der Waals surface area (Å²) in [5.74, 6) is 4.93. The smallest absolute Gasteiger partial charge is 1.00 e. The maximum absolute atomic E-state index is 2.93. The maximum Gasteiger partial charge on any atom is -1.00 e. The topological polar surface area (TPSA) is 0 Å². The van der Waals surface area contributed by atoms with Crippen LogP contribution < -0.4 is 24.8 Å². The third kappa shape index (κ3) is 3.96. The van der Waals surface area contributed by atoms with Crippen LogP contribution in [0, 0.1) is 78.8 Å². The standard InChI is InChI=1S/C29H37.C17H23.C3H6.2ClH.Zr/c1-21-14-13-15-22-20-27(6)25(4)18-10-9-16-23(25,2)24(3)17-11-12-19-26(24,5)29(27,8)28(21,22)7;1-11-3-4-14(5-11)17(2)15-7-12-6-13(9-15)10-16(17)8-12;1-3-2;;;/h9-20,22H,1-8H3;4-5,11-13,15-16H,6-10H2,1-2H3;1-2H3;2*1H;/q;;;;;+2/p-2. The molecule has 0 aliphatic heterocycles. The first kappa shape index (κ1) is 39.5. The Morgan fingerprint density at radius 2 is 1.17 bits per heavy atom. The minimum atomic E-state index is -2.57. The average molecular weight is 817 g/mol. The van der Waals surface area contributed by atoms with Crippen LogP contribution in [0.5, 0.6) is 0 Å². The van der Waals surface area contributed by atoms with Crippen LogP contribution in [0.25, 0.3) is 0 Å². The summed E-state index contributed by atoms with van der Waals surface area (Å²) in [6, 6.07) is 0. The fourth-order valence-corrected chi connectivity index (χ4v) is 27.9. The van der Waals surface area contributed by atoms with Gasteiger partial charge in [-0.3, -0.25) is 0 Å². The van der Waals surface area contributed by atoms with Crippen molar-refractivity contribution in [1.82, 2.24) is 0 Å². The Balaban J connectivity index is 0.00000210. The molecule has 0 heterocycles. The number of fused-ring (bicyclic) bond motifs is 8. The Morgan fingerprint density at radius 3 is 1.71 bits per heavy atom. The van der Waals surface area contributed by atoms with Crippen molar-refractivity contribution in [3.8, 4) is 0 Å². The van der Waals surface area contributed by atoms with Crippen LogP contribution in [0.2, 0.25) is 3.63 Å². The summed E-state index contributed by atoms with van der Waals surface area (Å²) in [5.41, 5.74) is 3.71. The molecule has 10 aliphatic carbocycles. The molecule has 52 heavy (non-hydrogen) atoms. The van der Waals surface area contributed by atoms with Crippen LogP contribution in [-0.2, 0) is 21.3 Å². The molecule has 0 amide bonds. The molecule has 6 saturated carbocycles. The van der Waals surface area contributed by atoms with E-state index in [0.717, 1.165) is 23.7 Å². The van der Waals surface area contributed by atoms with Crippen molar-refractivity contribution >= 4 is 3.21 Å². The summed E-state index contributed by atoms with van der Waals surface area (Å²) in [4.78, 5) is 0. The molecule has 0 aromatic heterocycles. The third-order valence-corrected chi connectivity index (χ3v) is 29.8. The van der Waals surface area contributed by atoms with E-state index in [2.05, 4.69) is 162 Å². The van der Waals surface area contributed by atoms with Crippen LogP contribution in [-0.4, -0.2) is 3.21 Å². The molecule has 0 nitrogen and oxygen atoms in total. The number of hydrogen-bond acceptors (Lipinski definition) is 0. The van der Waals surface area contributed by atoms with Crippen molar-refractivity contribution in [3.05, 3.63) is 93.4 Å².